The molecule has 76 valence electrons. The Labute approximate surface area is 89.1 Å². The van der Waals surface area contributed by atoms with Gasteiger partial charge in [-0.2, -0.15) is 11.8 Å². The van der Waals surface area contributed by atoms with Gasteiger partial charge in [-0.25, -0.2) is 0 Å². The van der Waals surface area contributed by atoms with Crippen LogP contribution in [0.5, 0.6) is 5.75 Å². The number of nitrogens with zero attached hydrogens (tertiary/aromatic N) is 1. The van der Waals surface area contributed by atoms with E-state index in [2.05, 4.69) is 11.2 Å². The predicted molar refractivity (Wildman–Crippen MR) is 63.6 cm³/mol. The quantitative estimate of drug-likeness (QED) is 0.610. The highest BCUT2D eigenvalue weighted by Gasteiger charge is 2.01. The van der Waals surface area contributed by atoms with Crippen LogP contribution in [0.4, 0.5) is 0 Å². The molecular formula is C11H15NOS. The highest BCUT2D eigenvalue weighted by atomic mass is 32.2. The molecule has 0 atom stereocenters. The minimum absolute atomic E-state index is 0.304. The summed E-state index contributed by atoms with van der Waals surface area (Å²) in [6.07, 6.45) is 2.06. The molecule has 0 saturated heterocycles. The standard InChI is InChI=1S/C11H15NOS/c1-9(12-7-8-14-2)10-5-3-4-6-11(10)13/h3-6,13H,7-8H2,1-2H3. The molecule has 2 nitrogen and oxygen atoms in total. The minimum atomic E-state index is 0.304. The van der Waals surface area contributed by atoms with Crippen molar-refractivity contribution in [1.29, 1.82) is 0 Å². The number of phenols is 1. The summed E-state index contributed by atoms with van der Waals surface area (Å²) in [6, 6.07) is 7.28. The van der Waals surface area contributed by atoms with Crippen molar-refractivity contribution < 1.29 is 5.11 Å². The molecule has 0 bridgehead atoms. The lowest BCUT2D eigenvalue weighted by atomic mass is 10.1. The Balaban J connectivity index is 2.73. The van der Waals surface area contributed by atoms with E-state index >= 15 is 0 Å². The molecule has 1 aromatic rings. The smallest absolute Gasteiger partial charge is 0.124 e. The van der Waals surface area contributed by atoms with Crippen LogP contribution < -0.4 is 0 Å². The number of aromatic hydroxyl groups is 1. The molecule has 0 spiro atoms. The van der Waals surface area contributed by atoms with Crippen molar-refractivity contribution >= 4 is 17.5 Å². The first kappa shape index (κ1) is 11.1. The molecule has 0 fully saturated rings. The van der Waals surface area contributed by atoms with E-state index in [1.165, 1.54) is 0 Å². The number of aliphatic imine (C=N–C) groups is 1. The van der Waals surface area contributed by atoms with Crippen LogP contribution in [0, 0.1) is 0 Å². The van der Waals surface area contributed by atoms with Gasteiger partial charge in [0.1, 0.15) is 5.75 Å². The van der Waals surface area contributed by atoms with Gasteiger partial charge in [0.05, 0.1) is 0 Å². The Bertz CT molecular complexity index is 323. The Morgan fingerprint density at radius 3 is 2.79 bits per heavy atom. The number of para-hydroxylation sites is 1. The predicted octanol–water partition coefficient (Wildman–Crippen LogP) is 2.56. The van der Waals surface area contributed by atoms with Crippen molar-refractivity contribution in [3.05, 3.63) is 29.8 Å². The van der Waals surface area contributed by atoms with E-state index in [1.807, 2.05) is 25.1 Å². The summed E-state index contributed by atoms with van der Waals surface area (Å²) in [4.78, 5) is 4.38. The van der Waals surface area contributed by atoms with Gasteiger partial charge >= 0.3 is 0 Å². The lowest BCUT2D eigenvalue weighted by Crippen LogP contribution is -1.97. The molecule has 0 unspecified atom stereocenters. The summed E-state index contributed by atoms with van der Waals surface area (Å²) in [5, 5.41) is 9.55. The number of hydrogen-bond donors (Lipinski definition) is 1. The zero-order valence-electron chi connectivity index (χ0n) is 8.53. The third-order valence-electron chi connectivity index (χ3n) is 1.94. The van der Waals surface area contributed by atoms with Crippen LogP contribution in [-0.2, 0) is 0 Å². The maximum Gasteiger partial charge on any atom is 0.124 e. The van der Waals surface area contributed by atoms with Crippen molar-refractivity contribution in [3.63, 3.8) is 0 Å². The van der Waals surface area contributed by atoms with Gasteiger partial charge in [-0.1, -0.05) is 12.1 Å². The second-order valence-corrected chi connectivity index (χ2v) is 3.96. The molecule has 0 aliphatic rings. The van der Waals surface area contributed by atoms with Gasteiger partial charge in [-0.05, 0) is 25.3 Å². The highest BCUT2D eigenvalue weighted by molar-refractivity contribution is 7.98. The van der Waals surface area contributed by atoms with Crippen LogP contribution in [0.25, 0.3) is 0 Å². The van der Waals surface area contributed by atoms with Crippen LogP contribution in [0.1, 0.15) is 12.5 Å². The Kier molecular flexibility index (Phi) is 4.53. The molecular weight excluding hydrogens is 194 g/mol. The summed E-state index contributed by atoms with van der Waals surface area (Å²) in [7, 11) is 0. The van der Waals surface area contributed by atoms with Gasteiger partial charge < -0.3 is 5.11 Å². The number of thioether (sulfide) groups is 1. The third-order valence-corrected chi connectivity index (χ3v) is 2.53. The molecule has 0 heterocycles. The summed E-state index contributed by atoms with van der Waals surface area (Å²) in [5.74, 6) is 1.32. The van der Waals surface area contributed by atoms with Gasteiger partial charge in [-0.15, -0.1) is 0 Å². The van der Waals surface area contributed by atoms with Gasteiger partial charge in [-0.3, -0.25) is 4.99 Å². The normalized spacial score (nSPS) is 11.7. The Morgan fingerprint density at radius 2 is 2.14 bits per heavy atom. The molecule has 0 radical (unpaired) electrons. The minimum Gasteiger partial charge on any atom is -0.507 e. The Hall–Kier alpha value is -0.960. The van der Waals surface area contributed by atoms with E-state index in [4.69, 9.17) is 0 Å². The molecule has 1 rings (SSSR count). The van der Waals surface area contributed by atoms with Gasteiger partial charge in [0.2, 0.25) is 0 Å². The molecule has 1 N–H and O–H groups in total. The third kappa shape index (κ3) is 3.07. The number of rotatable bonds is 4. The van der Waals surface area contributed by atoms with E-state index in [0.717, 1.165) is 23.6 Å². The summed E-state index contributed by atoms with van der Waals surface area (Å²) in [5.41, 5.74) is 1.73. The maximum absolute atomic E-state index is 9.55. The van der Waals surface area contributed by atoms with Crippen molar-refractivity contribution in [1.82, 2.24) is 0 Å². The second kappa shape index (κ2) is 5.70. The van der Waals surface area contributed by atoms with Gasteiger partial charge in [0.25, 0.3) is 0 Å². The van der Waals surface area contributed by atoms with E-state index in [0.29, 0.717) is 5.75 Å². The maximum atomic E-state index is 9.55. The Morgan fingerprint density at radius 1 is 1.43 bits per heavy atom. The second-order valence-electron chi connectivity index (χ2n) is 2.98. The van der Waals surface area contributed by atoms with E-state index in [-0.39, 0.29) is 0 Å². The lowest BCUT2D eigenvalue weighted by molar-refractivity contribution is 0.474. The largest absolute Gasteiger partial charge is 0.507 e. The van der Waals surface area contributed by atoms with Crippen LogP contribution in [0.3, 0.4) is 0 Å². The summed E-state index contributed by atoms with van der Waals surface area (Å²) >= 11 is 1.77. The van der Waals surface area contributed by atoms with E-state index in [9.17, 15) is 5.11 Å². The van der Waals surface area contributed by atoms with Crippen LogP contribution in [0.2, 0.25) is 0 Å². The molecule has 0 saturated carbocycles. The van der Waals surface area contributed by atoms with Crippen LogP contribution >= 0.6 is 11.8 Å². The monoisotopic (exact) mass is 209 g/mol. The van der Waals surface area contributed by atoms with Crippen molar-refractivity contribution in [2.75, 3.05) is 18.6 Å². The lowest BCUT2D eigenvalue weighted by Gasteiger charge is -2.03. The van der Waals surface area contributed by atoms with E-state index < -0.39 is 0 Å². The first-order chi connectivity index (χ1) is 6.75. The molecule has 0 aliphatic carbocycles. The topological polar surface area (TPSA) is 32.6 Å². The summed E-state index contributed by atoms with van der Waals surface area (Å²) in [6.45, 7) is 2.73. The van der Waals surface area contributed by atoms with Crippen molar-refractivity contribution in [2.45, 2.75) is 6.92 Å². The zero-order chi connectivity index (χ0) is 10.4. The summed E-state index contributed by atoms with van der Waals surface area (Å²) < 4.78 is 0. The fourth-order valence-corrected chi connectivity index (χ4v) is 1.44. The van der Waals surface area contributed by atoms with Gasteiger partial charge in [0.15, 0.2) is 0 Å². The van der Waals surface area contributed by atoms with Gasteiger partial charge in [0, 0.05) is 23.6 Å². The molecule has 0 amide bonds. The van der Waals surface area contributed by atoms with Crippen molar-refractivity contribution in [2.24, 2.45) is 4.99 Å². The van der Waals surface area contributed by atoms with Crippen molar-refractivity contribution in [3.8, 4) is 5.75 Å². The molecule has 14 heavy (non-hydrogen) atoms. The molecule has 3 heteroatoms. The first-order valence-electron chi connectivity index (χ1n) is 4.54. The average Bonchev–Trinajstić information content (AvgIpc) is 2.18. The highest BCUT2D eigenvalue weighted by Crippen LogP contribution is 2.16. The number of phenolic OH excluding ortho intramolecular Hbond substituents is 1. The first-order valence-corrected chi connectivity index (χ1v) is 5.93. The number of hydrogen-bond acceptors (Lipinski definition) is 3. The molecule has 0 aromatic heterocycles. The molecule has 0 aliphatic heterocycles. The fraction of sp³-hybridized carbons (Fsp3) is 0.364. The number of benzene rings is 1. The van der Waals surface area contributed by atoms with Crippen LogP contribution in [-0.4, -0.2) is 29.4 Å². The average molecular weight is 209 g/mol. The fourth-order valence-electron chi connectivity index (χ4n) is 1.17. The van der Waals surface area contributed by atoms with Crippen LogP contribution in [0.15, 0.2) is 29.3 Å². The molecule has 1 aromatic carbocycles. The van der Waals surface area contributed by atoms with E-state index in [1.54, 1.807) is 17.8 Å². The SMILES string of the molecule is CSCCN=C(C)c1ccccc1O. The zero-order valence-corrected chi connectivity index (χ0v) is 9.34.